The summed E-state index contributed by atoms with van der Waals surface area (Å²) in [6.45, 7) is 6.50. The predicted octanol–water partition coefficient (Wildman–Crippen LogP) is 17.4. The first-order valence-corrected chi connectivity index (χ1v) is 23.0. The van der Waals surface area contributed by atoms with E-state index < -0.39 is 0 Å². The van der Waals surface area contributed by atoms with Gasteiger partial charge in [-0.25, -0.2) is 0 Å². The molecule has 0 aromatic heterocycles. The largest absolute Gasteiger partial charge is 0.310 e. The van der Waals surface area contributed by atoms with Crippen LogP contribution in [0.4, 0.5) is 17.1 Å². The molecule has 0 saturated heterocycles. The molecule has 2 atom stereocenters. The van der Waals surface area contributed by atoms with Crippen molar-refractivity contribution in [2.24, 2.45) is 0 Å². The van der Waals surface area contributed by atoms with Crippen LogP contribution in [0.5, 0.6) is 0 Å². The van der Waals surface area contributed by atoms with Crippen molar-refractivity contribution in [2.45, 2.75) is 32.6 Å². The highest BCUT2D eigenvalue weighted by molar-refractivity contribution is 5.83. The first-order chi connectivity index (χ1) is 32.4. The minimum atomic E-state index is 0.133. The number of hydrogen-bond donors (Lipinski definition) is 0. The smallest absolute Gasteiger partial charge is 0.0464 e. The maximum atomic E-state index is 2.36. The van der Waals surface area contributed by atoms with Crippen molar-refractivity contribution >= 4 is 17.1 Å². The summed E-state index contributed by atoms with van der Waals surface area (Å²) in [6.07, 6.45) is 0. The molecular weight excluding hydrogens is 795 g/mol. The van der Waals surface area contributed by atoms with Crippen LogP contribution in [0, 0.1) is 20.8 Å². The molecule has 10 aromatic carbocycles. The van der Waals surface area contributed by atoms with Crippen molar-refractivity contribution in [3.8, 4) is 33.4 Å². The Kier molecular flexibility index (Phi) is 12.1. The predicted molar refractivity (Wildman–Crippen MR) is 279 cm³/mol. The van der Waals surface area contributed by atoms with E-state index >= 15 is 0 Å². The molecule has 0 amide bonds. The van der Waals surface area contributed by atoms with Crippen LogP contribution in [0.25, 0.3) is 33.4 Å². The highest BCUT2D eigenvalue weighted by Crippen LogP contribution is 2.40. The molecule has 0 radical (unpaired) electrons. The summed E-state index contributed by atoms with van der Waals surface area (Å²) in [5.74, 6) is 0.266. The Morgan fingerprint density at radius 1 is 0.227 bits per heavy atom. The van der Waals surface area contributed by atoms with Crippen LogP contribution in [-0.2, 0) is 0 Å². The fourth-order valence-electron chi connectivity index (χ4n) is 9.60. The highest BCUT2D eigenvalue weighted by atomic mass is 15.1. The molecule has 1 heteroatoms. The topological polar surface area (TPSA) is 3.24 Å². The van der Waals surface area contributed by atoms with Crippen LogP contribution >= 0.6 is 0 Å². The summed E-state index contributed by atoms with van der Waals surface area (Å²) in [7, 11) is 0. The molecule has 0 aliphatic heterocycles. The van der Waals surface area contributed by atoms with Gasteiger partial charge in [-0.3, -0.25) is 0 Å². The number of rotatable bonds is 12. The molecule has 1 nitrogen and oxygen atoms in total. The van der Waals surface area contributed by atoms with Gasteiger partial charge in [0.05, 0.1) is 0 Å². The Morgan fingerprint density at radius 2 is 0.545 bits per heavy atom. The second kappa shape index (κ2) is 19.0. The third-order valence-corrected chi connectivity index (χ3v) is 12.8. The summed E-state index contributed by atoms with van der Waals surface area (Å²) in [5, 5.41) is 0. The van der Waals surface area contributed by atoms with E-state index in [1.807, 2.05) is 0 Å². The van der Waals surface area contributed by atoms with Gasteiger partial charge in [-0.15, -0.1) is 0 Å². The number of nitrogens with zero attached hydrogens (tertiary/aromatic N) is 1. The van der Waals surface area contributed by atoms with Crippen LogP contribution in [0.3, 0.4) is 0 Å². The summed E-state index contributed by atoms with van der Waals surface area (Å²) < 4.78 is 0. The first kappa shape index (κ1) is 42.0. The van der Waals surface area contributed by atoms with Crippen molar-refractivity contribution in [1.82, 2.24) is 0 Å². The zero-order chi connectivity index (χ0) is 44.8. The molecule has 0 N–H and O–H groups in total. The van der Waals surface area contributed by atoms with E-state index in [2.05, 4.69) is 280 Å². The molecule has 0 aliphatic carbocycles. The Labute approximate surface area is 391 Å². The van der Waals surface area contributed by atoms with Gasteiger partial charge in [0.25, 0.3) is 0 Å². The lowest BCUT2D eigenvalue weighted by molar-refractivity contribution is 0.974. The summed E-state index contributed by atoms with van der Waals surface area (Å²) >= 11 is 0. The van der Waals surface area contributed by atoms with Crippen molar-refractivity contribution in [3.05, 3.63) is 305 Å². The molecule has 10 aromatic rings. The van der Waals surface area contributed by atoms with Crippen molar-refractivity contribution in [3.63, 3.8) is 0 Å². The average Bonchev–Trinajstić information content (AvgIpc) is 3.36. The first-order valence-electron chi connectivity index (χ1n) is 23.0. The van der Waals surface area contributed by atoms with Crippen LogP contribution in [0.1, 0.15) is 61.9 Å². The summed E-state index contributed by atoms with van der Waals surface area (Å²) in [6, 6.07) is 93.6. The standard InChI is InChI=1S/C65H53N/c1-46-16-13-23-56(40-46)64(52-19-7-4-8-20-52)54-32-28-49(29-33-54)58-43-59(50-30-34-55(35-31-50)65(53-21-9-5-10-22-53)57-24-14-17-47(2)41-57)45-60(44-58)51-36-38-62(39-37-51)66(61-25-11-6-12-26-61)63-27-15-18-48(3)42-63/h4-45,64-65H,1-3H3. The van der Waals surface area contributed by atoms with Gasteiger partial charge in [0.15, 0.2) is 0 Å². The summed E-state index contributed by atoms with van der Waals surface area (Å²) in [5.41, 5.74) is 21.9. The van der Waals surface area contributed by atoms with Crippen molar-refractivity contribution in [1.29, 1.82) is 0 Å². The van der Waals surface area contributed by atoms with E-state index in [9.17, 15) is 0 Å². The molecule has 0 heterocycles. The van der Waals surface area contributed by atoms with Crippen LogP contribution in [0.2, 0.25) is 0 Å². The molecule has 66 heavy (non-hydrogen) atoms. The molecule has 0 bridgehead atoms. The molecule has 0 saturated carbocycles. The molecule has 2 unspecified atom stereocenters. The van der Waals surface area contributed by atoms with Crippen LogP contribution in [-0.4, -0.2) is 0 Å². The lowest BCUT2D eigenvalue weighted by Gasteiger charge is -2.26. The Morgan fingerprint density at radius 3 is 0.955 bits per heavy atom. The maximum absolute atomic E-state index is 2.36. The maximum Gasteiger partial charge on any atom is 0.0464 e. The van der Waals surface area contributed by atoms with Gasteiger partial charge in [-0.2, -0.15) is 0 Å². The number of anilines is 3. The monoisotopic (exact) mass is 847 g/mol. The van der Waals surface area contributed by atoms with E-state index in [1.54, 1.807) is 0 Å². The molecule has 0 aliphatic rings. The second-order valence-electron chi connectivity index (χ2n) is 17.6. The van der Waals surface area contributed by atoms with Crippen LogP contribution < -0.4 is 4.90 Å². The number of hydrogen-bond acceptors (Lipinski definition) is 1. The third kappa shape index (κ3) is 9.16. The van der Waals surface area contributed by atoms with Gasteiger partial charge in [0.2, 0.25) is 0 Å². The van der Waals surface area contributed by atoms with Crippen LogP contribution in [0.15, 0.2) is 255 Å². The SMILES string of the molecule is Cc1cccc(C(c2ccccc2)c2ccc(-c3cc(-c4ccc(C(c5ccccc5)c5cccc(C)c5)cc4)cc(-c4ccc(N(c5ccccc5)c5cccc(C)c5)cc4)c3)cc2)c1. The van der Waals surface area contributed by atoms with Gasteiger partial charge < -0.3 is 4.90 Å². The van der Waals surface area contributed by atoms with E-state index in [-0.39, 0.29) is 11.8 Å². The normalized spacial score (nSPS) is 12.0. The van der Waals surface area contributed by atoms with E-state index in [4.69, 9.17) is 0 Å². The van der Waals surface area contributed by atoms with Gasteiger partial charge in [-0.05, 0) is 148 Å². The van der Waals surface area contributed by atoms with Gasteiger partial charge in [-0.1, -0.05) is 211 Å². The molecule has 0 spiro atoms. The minimum absolute atomic E-state index is 0.133. The lowest BCUT2D eigenvalue weighted by atomic mass is 9.83. The van der Waals surface area contributed by atoms with Gasteiger partial charge >= 0.3 is 0 Å². The average molecular weight is 848 g/mol. The molecular formula is C65H53N. The summed E-state index contributed by atoms with van der Waals surface area (Å²) in [4.78, 5) is 2.33. The highest BCUT2D eigenvalue weighted by Gasteiger charge is 2.20. The van der Waals surface area contributed by atoms with Crippen molar-refractivity contribution < 1.29 is 0 Å². The second-order valence-corrected chi connectivity index (χ2v) is 17.6. The van der Waals surface area contributed by atoms with E-state index in [1.165, 1.54) is 83.5 Å². The van der Waals surface area contributed by atoms with Crippen molar-refractivity contribution in [2.75, 3.05) is 4.90 Å². The number of benzene rings is 10. The Bertz CT molecular complexity index is 2830. The van der Waals surface area contributed by atoms with Gasteiger partial charge in [0, 0.05) is 28.9 Å². The van der Waals surface area contributed by atoms with E-state index in [0.29, 0.717) is 0 Å². The Balaban J connectivity index is 1.06. The third-order valence-electron chi connectivity index (χ3n) is 12.8. The minimum Gasteiger partial charge on any atom is -0.310 e. The van der Waals surface area contributed by atoms with Gasteiger partial charge in [0.1, 0.15) is 0 Å². The quantitative estimate of drug-likeness (QED) is 0.111. The fourth-order valence-corrected chi connectivity index (χ4v) is 9.60. The van der Waals surface area contributed by atoms with E-state index in [0.717, 1.165) is 17.1 Å². The lowest BCUT2D eigenvalue weighted by Crippen LogP contribution is -2.09. The molecule has 0 fully saturated rings. The number of para-hydroxylation sites is 1. The number of aryl methyl sites for hydroxylation is 3. The molecule has 10 rings (SSSR count). The fraction of sp³-hybridized carbons (Fsp3) is 0.0769. The Hall–Kier alpha value is -8.00. The molecule has 318 valence electrons. The zero-order valence-corrected chi connectivity index (χ0v) is 37.9. The zero-order valence-electron chi connectivity index (χ0n) is 37.9.